The average Bonchev–Trinajstić information content (AvgIpc) is 3.49. The van der Waals surface area contributed by atoms with Crippen LogP contribution in [0.4, 0.5) is 5.69 Å². The van der Waals surface area contributed by atoms with E-state index in [9.17, 15) is 0 Å². The first kappa shape index (κ1) is 29.8. The molecule has 1 aliphatic heterocycles. The van der Waals surface area contributed by atoms with E-state index in [0.717, 1.165) is 34.5 Å². The van der Waals surface area contributed by atoms with Gasteiger partial charge in [-0.3, -0.25) is 5.41 Å². The van der Waals surface area contributed by atoms with Gasteiger partial charge in [-0.1, -0.05) is 86.6 Å². The zero-order chi connectivity index (χ0) is 31.3. The molecule has 0 fully saturated rings. The van der Waals surface area contributed by atoms with Crippen LogP contribution in [0, 0.1) is 11.3 Å². The Morgan fingerprint density at radius 2 is 1.49 bits per heavy atom. The van der Waals surface area contributed by atoms with E-state index in [2.05, 4.69) is 41.7 Å². The topological polar surface area (TPSA) is 89.6 Å². The molecule has 2 aliphatic rings. The maximum absolute atomic E-state index is 8.06. The number of rotatable bonds is 8. The maximum atomic E-state index is 8.06. The highest BCUT2D eigenvalue weighted by Crippen LogP contribution is 2.56. The van der Waals surface area contributed by atoms with Crippen LogP contribution >= 0.6 is 0 Å². The van der Waals surface area contributed by atoms with E-state index in [1.54, 1.807) is 7.11 Å². The molecule has 1 unspecified atom stereocenters. The molecule has 6 heteroatoms. The molecule has 7 rings (SSSR count). The fourth-order valence-electron chi connectivity index (χ4n) is 6.55. The molecule has 0 saturated heterocycles. The van der Waals surface area contributed by atoms with Gasteiger partial charge >= 0.3 is 0 Å². The lowest BCUT2D eigenvalue weighted by atomic mass is 9.75. The number of ether oxygens (including phenoxy) is 3. The van der Waals surface area contributed by atoms with Gasteiger partial charge in [-0.2, -0.15) is 0 Å². The van der Waals surface area contributed by atoms with Crippen LogP contribution in [0.1, 0.15) is 59.2 Å². The molecule has 5 aromatic rings. The smallest absolute Gasteiger partial charge is 0.165 e. The number of hydrogen-bond acceptors (Lipinski definition) is 5. The Bertz CT molecular complexity index is 1790. The molecule has 0 aromatic heterocycles. The van der Waals surface area contributed by atoms with E-state index in [1.807, 2.05) is 92.7 Å². The molecule has 228 valence electrons. The van der Waals surface area contributed by atoms with E-state index in [4.69, 9.17) is 25.4 Å². The summed E-state index contributed by atoms with van der Waals surface area (Å²) in [6, 6.07) is 38.6. The fraction of sp³-hybridized carbons (Fsp3) is 0.205. The zero-order valence-corrected chi connectivity index (χ0v) is 25.9. The van der Waals surface area contributed by atoms with Crippen LogP contribution in [0.3, 0.4) is 0 Å². The Hall–Kier alpha value is -5.23. The number of fused-ring (bicyclic) bond motifs is 5. The minimum atomic E-state index is -0.0798. The molecule has 4 N–H and O–H groups in total. The Balaban J connectivity index is 0.00000175. The Morgan fingerprint density at radius 1 is 0.778 bits per heavy atom. The lowest BCUT2D eigenvalue weighted by Crippen LogP contribution is -2.31. The molecular weight excluding hydrogens is 558 g/mol. The van der Waals surface area contributed by atoms with Gasteiger partial charge in [0, 0.05) is 28.8 Å². The van der Waals surface area contributed by atoms with Crippen molar-refractivity contribution < 1.29 is 14.2 Å². The molecule has 45 heavy (non-hydrogen) atoms. The molecule has 0 spiro atoms. The van der Waals surface area contributed by atoms with Crippen molar-refractivity contribution in [1.82, 2.24) is 0 Å². The fourth-order valence-corrected chi connectivity index (χ4v) is 6.55. The van der Waals surface area contributed by atoms with E-state index < -0.39 is 0 Å². The molecular formula is C39H39N3O3. The normalized spacial score (nSPS) is 17.4. The molecule has 0 saturated carbocycles. The van der Waals surface area contributed by atoms with Crippen molar-refractivity contribution in [3.05, 3.63) is 149 Å². The summed E-state index contributed by atoms with van der Waals surface area (Å²) in [5.74, 6) is 3.14. The highest BCUT2D eigenvalue weighted by Gasteiger charge is 2.44. The minimum absolute atomic E-state index is 0.0714. The molecule has 0 amide bonds. The average molecular weight is 598 g/mol. The summed E-state index contributed by atoms with van der Waals surface area (Å²) in [5.41, 5.74) is 13.6. The van der Waals surface area contributed by atoms with Crippen LogP contribution in [0.5, 0.6) is 23.0 Å². The third kappa shape index (κ3) is 5.96. The largest absolute Gasteiger partial charge is 0.493 e. The van der Waals surface area contributed by atoms with Gasteiger partial charge in [0.15, 0.2) is 11.5 Å². The van der Waals surface area contributed by atoms with Crippen LogP contribution in [-0.4, -0.2) is 12.9 Å². The van der Waals surface area contributed by atoms with Crippen molar-refractivity contribution in [3.63, 3.8) is 0 Å². The highest BCUT2D eigenvalue weighted by molar-refractivity contribution is 5.95. The first-order valence-electron chi connectivity index (χ1n) is 15.5. The quantitative estimate of drug-likeness (QED) is 0.123. The third-order valence-electron chi connectivity index (χ3n) is 8.55. The van der Waals surface area contributed by atoms with Gasteiger partial charge in [-0.05, 0) is 71.0 Å². The summed E-state index contributed by atoms with van der Waals surface area (Å²) in [6.07, 6.45) is 0.904. The standard InChI is InChI=1S/C37H33N3O3.C2H6/c1-41-33-20-29(32(43-26-13-6-3-7-14-26)21-34(33)42-22-23-10-4-2-5-11-23)36-30-18-24-12-8-9-15-27(24)35(30)28-19-25(37(38)39)16-17-31(28)40-36;1-2/h2-17,19-21,30,35-36,40H,18,22H2,1H3,(H3,38,39);1-2H3/t30-,35-,36?;/m1./s1. The van der Waals surface area contributed by atoms with Crippen molar-refractivity contribution in [1.29, 1.82) is 5.41 Å². The molecule has 6 nitrogen and oxygen atoms in total. The zero-order valence-electron chi connectivity index (χ0n) is 25.9. The molecule has 0 radical (unpaired) electrons. The second-order valence-electron chi connectivity index (χ2n) is 11.1. The molecule has 3 atom stereocenters. The number of nitrogens with two attached hydrogens (primary N) is 1. The van der Waals surface area contributed by atoms with Gasteiger partial charge < -0.3 is 25.3 Å². The minimum Gasteiger partial charge on any atom is -0.493 e. The SMILES string of the molecule is CC.COc1cc(C2Nc3ccc(C(=N)N)cc3[C@H]3c4ccccc4C[C@@H]23)c(Oc2ccccc2)cc1OCc1ccccc1. The number of methoxy groups -OCH3 is 1. The Labute approximate surface area is 265 Å². The summed E-state index contributed by atoms with van der Waals surface area (Å²) in [7, 11) is 1.67. The number of hydrogen-bond donors (Lipinski definition) is 3. The number of para-hydroxylation sites is 1. The van der Waals surface area contributed by atoms with Crippen molar-refractivity contribution in [3.8, 4) is 23.0 Å². The second-order valence-corrected chi connectivity index (χ2v) is 11.1. The van der Waals surface area contributed by atoms with Crippen LogP contribution in [0.2, 0.25) is 0 Å². The number of nitrogens with one attached hydrogen (secondary N) is 2. The van der Waals surface area contributed by atoms with Gasteiger partial charge in [0.25, 0.3) is 0 Å². The van der Waals surface area contributed by atoms with Crippen LogP contribution in [-0.2, 0) is 13.0 Å². The van der Waals surface area contributed by atoms with Crippen LogP contribution in [0.25, 0.3) is 0 Å². The van der Waals surface area contributed by atoms with Gasteiger partial charge in [0.2, 0.25) is 0 Å². The van der Waals surface area contributed by atoms with E-state index in [0.29, 0.717) is 23.9 Å². The maximum Gasteiger partial charge on any atom is 0.165 e. The van der Waals surface area contributed by atoms with Gasteiger partial charge in [-0.15, -0.1) is 0 Å². The second kappa shape index (κ2) is 13.2. The highest BCUT2D eigenvalue weighted by atomic mass is 16.5. The first-order valence-corrected chi connectivity index (χ1v) is 15.5. The molecule has 0 bridgehead atoms. The number of benzene rings is 5. The number of anilines is 1. The van der Waals surface area contributed by atoms with E-state index in [1.165, 1.54) is 16.7 Å². The van der Waals surface area contributed by atoms with Crippen LogP contribution < -0.4 is 25.3 Å². The summed E-state index contributed by atoms with van der Waals surface area (Å²) in [6.45, 7) is 4.41. The van der Waals surface area contributed by atoms with Gasteiger partial charge in [0.05, 0.1) is 13.2 Å². The van der Waals surface area contributed by atoms with Crippen molar-refractivity contribution in [2.24, 2.45) is 11.7 Å². The predicted octanol–water partition coefficient (Wildman–Crippen LogP) is 8.85. The molecule has 1 heterocycles. The monoisotopic (exact) mass is 597 g/mol. The summed E-state index contributed by atoms with van der Waals surface area (Å²) in [4.78, 5) is 0. The van der Waals surface area contributed by atoms with E-state index in [-0.39, 0.29) is 23.7 Å². The van der Waals surface area contributed by atoms with Crippen molar-refractivity contribution in [2.75, 3.05) is 12.4 Å². The summed E-state index contributed by atoms with van der Waals surface area (Å²) >= 11 is 0. The number of amidine groups is 1. The Kier molecular flexibility index (Phi) is 8.74. The molecule has 5 aromatic carbocycles. The van der Waals surface area contributed by atoms with Gasteiger partial charge in [-0.25, -0.2) is 0 Å². The van der Waals surface area contributed by atoms with Gasteiger partial charge in [0.1, 0.15) is 23.9 Å². The first-order chi connectivity index (χ1) is 22.1. The predicted molar refractivity (Wildman–Crippen MR) is 181 cm³/mol. The number of nitrogen functional groups attached to an aromatic ring is 1. The van der Waals surface area contributed by atoms with Crippen LogP contribution in [0.15, 0.2) is 115 Å². The lowest BCUT2D eigenvalue weighted by molar-refractivity contribution is 0.282. The van der Waals surface area contributed by atoms with Crippen molar-refractivity contribution >= 4 is 11.5 Å². The summed E-state index contributed by atoms with van der Waals surface area (Å²) in [5, 5.41) is 11.9. The third-order valence-corrected chi connectivity index (χ3v) is 8.55. The molecule has 1 aliphatic carbocycles. The Morgan fingerprint density at radius 3 is 2.22 bits per heavy atom. The van der Waals surface area contributed by atoms with Crippen molar-refractivity contribution in [2.45, 2.75) is 38.8 Å². The lowest BCUT2D eigenvalue weighted by Gasteiger charge is -2.39. The van der Waals surface area contributed by atoms with E-state index >= 15 is 0 Å². The summed E-state index contributed by atoms with van der Waals surface area (Å²) < 4.78 is 18.8.